The number of aromatic hydroxyl groups is 1. The molecule has 0 unspecified atom stereocenters. The number of nitrogens with one attached hydrogen (secondary N) is 4. The molecule has 0 aliphatic rings. The zero-order chi connectivity index (χ0) is 35.3. The highest BCUT2D eigenvalue weighted by Crippen LogP contribution is 2.28. The van der Waals surface area contributed by atoms with E-state index in [4.69, 9.17) is 25.8 Å². The molecule has 0 aliphatic heterocycles. The number of hydrogen-bond donors (Lipinski definition) is 6. The van der Waals surface area contributed by atoms with E-state index in [0.717, 1.165) is 0 Å². The van der Waals surface area contributed by atoms with Crippen molar-refractivity contribution in [1.29, 1.82) is 0 Å². The first-order valence-corrected chi connectivity index (χ1v) is 15.0. The van der Waals surface area contributed by atoms with Crippen molar-refractivity contribution in [2.45, 2.75) is 44.9 Å². The number of nitrogens with zero attached hydrogens (tertiary/aromatic N) is 1. The van der Waals surface area contributed by atoms with E-state index in [0.29, 0.717) is 27.6 Å². The van der Waals surface area contributed by atoms with Gasteiger partial charge in [-0.15, -0.1) is 0 Å². The Balaban J connectivity index is 1.66. The van der Waals surface area contributed by atoms with Crippen LogP contribution < -0.4 is 30.8 Å². The minimum absolute atomic E-state index is 0.0120. The third kappa shape index (κ3) is 12.1. The summed E-state index contributed by atoms with van der Waals surface area (Å²) in [4.78, 5) is 50.7. The first kappa shape index (κ1) is 37.1. The molecule has 0 saturated carbocycles. The smallest absolute Gasteiger partial charge is 0.408 e. The fourth-order valence-electron chi connectivity index (χ4n) is 4.02. The Bertz CT molecular complexity index is 1610. The number of anilines is 1. The first-order valence-electron chi connectivity index (χ1n) is 14.6. The number of aliphatic hydroxyl groups is 1. The molecule has 3 aromatic carbocycles. The summed E-state index contributed by atoms with van der Waals surface area (Å²) in [6.45, 7) is 3.85. The van der Waals surface area contributed by atoms with Gasteiger partial charge in [-0.3, -0.25) is 14.4 Å². The number of ether oxygens (including phenoxy) is 3. The maximum atomic E-state index is 13.2. The quantitative estimate of drug-likeness (QED) is 0.109. The van der Waals surface area contributed by atoms with Gasteiger partial charge in [0.15, 0.2) is 18.1 Å². The number of benzene rings is 3. The van der Waals surface area contributed by atoms with Gasteiger partial charge in [-0.1, -0.05) is 35.9 Å². The number of alkyl carbamates (subject to hydrolysis) is 1. The van der Waals surface area contributed by atoms with Crippen LogP contribution in [0.25, 0.3) is 0 Å². The number of methoxy groups -OCH3 is 1. The predicted molar refractivity (Wildman–Crippen MR) is 178 cm³/mol. The fourth-order valence-corrected chi connectivity index (χ4v) is 4.20. The molecular weight excluding hydrogens is 646 g/mol. The van der Waals surface area contributed by atoms with Crippen LogP contribution >= 0.6 is 11.6 Å². The number of carbonyl (C=O) groups is 4. The van der Waals surface area contributed by atoms with E-state index < -0.39 is 48.1 Å². The van der Waals surface area contributed by atoms with Crippen LogP contribution in [-0.2, 0) is 25.5 Å². The zero-order valence-corrected chi connectivity index (χ0v) is 27.5. The second kappa shape index (κ2) is 17.5. The standard InChI is InChI=1S/C33H38ClN5O9/c1-33(2,3)48-32(45)38-26(18-40)30(43)37-25(15-20-9-12-22(41)13-10-20)31(44)39-35-17-21-11-14-27(28(16-21)46-4)47-19-29(42)36-24-8-6-5-7-23(24)34/h5-14,16-17,25-26,40-41H,15,18-19H2,1-4H3,(H,36,42)(H,37,43)(H,38,45)(H,39,44)/b35-17-/t25-,26-/m0/s1. The van der Waals surface area contributed by atoms with Gasteiger partial charge in [-0.25, -0.2) is 10.2 Å². The minimum atomic E-state index is -1.41. The van der Waals surface area contributed by atoms with Gasteiger partial charge in [0, 0.05) is 6.42 Å². The molecule has 0 heterocycles. The lowest BCUT2D eigenvalue weighted by Crippen LogP contribution is -2.55. The van der Waals surface area contributed by atoms with Crippen LogP contribution in [0.2, 0.25) is 5.02 Å². The lowest BCUT2D eigenvalue weighted by Gasteiger charge is -2.24. The molecule has 0 radical (unpaired) electrons. The number of hydrazone groups is 1. The number of halogens is 1. The summed E-state index contributed by atoms with van der Waals surface area (Å²) in [6, 6.07) is 14.9. The van der Waals surface area contributed by atoms with Crippen LogP contribution in [0.5, 0.6) is 17.2 Å². The van der Waals surface area contributed by atoms with Gasteiger partial charge in [0.25, 0.3) is 11.8 Å². The van der Waals surface area contributed by atoms with Gasteiger partial charge >= 0.3 is 6.09 Å². The Morgan fingerprint density at radius 3 is 2.29 bits per heavy atom. The number of phenolic OH excluding ortho intramolecular Hbond substituents is 1. The summed E-state index contributed by atoms with van der Waals surface area (Å²) < 4.78 is 16.1. The maximum Gasteiger partial charge on any atom is 0.408 e. The number of rotatable bonds is 14. The van der Waals surface area contributed by atoms with Crippen molar-refractivity contribution in [3.05, 3.63) is 82.9 Å². The van der Waals surface area contributed by atoms with Crippen LogP contribution in [0.4, 0.5) is 10.5 Å². The molecule has 0 saturated heterocycles. The largest absolute Gasteiger partial charge is 0.508 e. The van der Waals surface area contributed by atoms with E-state index in [2.05, 4.69) is 26.5 Å². The number of carbonyl (C=O) groups excluding carboxylic acids is 4. The van der Waals surface area contributed by atoms with Crippen LogP contribution in [0, 0.1) is 0 Å². The van der Waals surface area contributed by atoms with Crippen molar-refractivity contribution < 1.29 is 43.6 Å². The molecule has 2 atom stereocenters. The number of hydrogen-bond acceptors (Lipinski definition) is 10. The molecule has 3 aromatic rings. The highest BCUT2D eigenvalue weighted by molar-refractivity contribution is 6.33. The summed E-state index contributed by atoms with van der Waals surface area (Å²) in [6.07, 6.45) is 0.393. The van der Waals surface area contributed by atoms with E-state index in [1.54, 1.807) is 75.4 Å². The van der Waals surface area contributed by atoms with E-state index in [1.165, 1.54) is 25.5 Å². The Kier molecular flexibility index (Phi) is 13.6. The second-order valence-corrected chi connectivity index (χ2v) is 11.7. The van der Waals surface area contributed by atoms with E-state index in [-0.39, 0.29) is 24.5 Å². The van der Waals surface area contributed by atoms with Gasteiger partial charge in [-0.2, -0.15) is 5.10 Å². The van der Waals surface area contributed by atoms with Crippen molar-refractivity contribution in [1.82, 2.24) is 16.1 Å². The van der Waals surface area contributed by atoms with Crippen molar-refractivity contribution in [2.75, 3.05) is 25.6 Å². The van der Waals surface area contributed by atoms with Crippen molar-refractivity contribution in [3.63, 3.8) is 0 Å². The Labute approximate surface area is 282 Å². The monoisotopic (exact) mass is 683 g/mol. The Hall–Kier alpha value is -5.34. The lowest BCUT2D eigenvalue weighted by atomic mass is 10.0. The highest BCUT2D eigenvalue weighted by atomic mass is 35.5. The molecule has 3 rings (SSSR count). The number of aliphatic hydroxyl groups excluding tert-OH is 1. The Morgan fingerprint density at radius 2 is 1.65 bits per heavy atom. The van der Waals surface area contributed by atoms with E-state index in [9.17, 15) is 29.4 Å². The summed E-state index contributed by atoms with van der Waals surface area (Å²) >= 11 is 6.08. The third-order valence-corrected chi connectivity index (χ3v) is 6.61. The molecule has 14 nitrogen and oxygen atoms in total. The fraction of sp³-hybridized carbons (Fsp3) is 0.303. The number of amides is 4. The average Bonchev–Trinajstić information content (AvgIpc) is 3.03. The molecule has 48 heavy (non-hydrogen) atoms. The van der Waals surface area contributed by atoms with Crippen LogP contribution in [0.15, 0.2) is 71.8 Å². The van der Waals surface area contributed by atoms with Crippen molar-refractivity contribution in [3.8, 4) is 17.2 Å². The van der Waals surface area contributed by atoms with E-state index >= 15 is 0 Å². The van der Waals surface area contributed by atoms with Crippen LogP contribution in [0.3, 0.4) is 0 Å². The van der Waals surface area contributed by atoms with Gasteiger partial charge < -0.3 is 40.4 Å². The van der Waals surface area contributed by atoms with Crippen molar-refractivity contribution in [2.24, 2.45) is 5.10 Å². The molecule has 6 N–H and O–H groups in total. The third-order valence-electron chi connectivity index (χ3n) is 6.28. The van der Waals surface area contributed by atoms with Gasteiger partial charge in [0.1, 0.15) is 23.4 Å². The molecule has 4 amide bonds. The summed E-state index contributed by atoms with van der Waals surface area (Å²) in [5, 5.41) is 31.2. The molecule has 0 fully saturated rings. The van der Waals surface area contributed by atoms with Crippen LogP contribution in [-0.4, -0.2) is 78.3 Å². The highest BCUT2D eigenvalue weighted by Gasteiger charge is 2.28. The maximum absolute atomic E-state index is 13.2. The lowest BCUT2D eigenvalue weighted by molar-refractivity contribution is -0.130. The van der Waals surface area contributed by atoms with Gasteiger partial charge in [-0.05, 0) is 74.4 Å². The normalized spacial score (nSPS) is 12.4. The van der Waals surface area contributed by atoms with Gasteiger partial charge in [0.05, 0.1) is 30.6 Å². The topological polar surface area (TPSA) is 197 Å². The zero-order valence-electron chi connectivity index (χ0n) is 26.8. The SMILES string of the molecule is COc1cc(/C=N\NC(=O)[C@H](Cc2ccc(O)cc2)NC(=O)[C@H](CO)NC(=O)OC(C)(C)C)ccc1OCC(=O)Nc1ccccc1Cl. The predicted octanol–water partition coefficient (Wildman–Crippen LogP) is 3.13. The van der Waals surface area contributed by atoms with Gasteiger partial charge in [0.2, 0.25) is 5.91 Å². The Morgan fingerprint density at radius 1 is 0.938 bits per heavy atom. The minimum Gasteiger partial charge on any atom is -0.508 e. The van der Waals surface area contributed by atoms with Crippen LogP contribution in [0.1, 0.15) is 31.9 Å². The van der Waals surface area contributed by atoms with Crippen molar-refractivity contribution >= 4 is 47.3 Å². The molecule has 15 heteroatoms. The molecule has 0 spiro atoms. The molecule has 0 aromatic heterocycles. The molecular formula is C33H38ClN5O9. The second-order valence-electron chi connectivity index (χ2n) is 11.3. The first-order chi connectivity index (χ1) is 22.8. The molecule has 0 bridgehead atoms. The number of para-hydroxylation sites is 1. The number of phenols is 1. The van der Waals surface area contributed by atoms with E-state index in [1.807, 2.05) is 0 Å². The molecule has 256 valence electrons. The average molecular weight is 684 g/mol. The molecule has 0 aliphatic carbocycles. The summed E-state index contributed by atoms with van der Waals surface area (Å²) in [5.74, 6) is -1.39. The summed E-state index contributed by atoms with van der Waals surface area (Å²) in [5.41, 5.74) is 3.08. The summed E-state index contributed by atoms with van der Waals surface area (Å²) in [7, 11) is 1.42.